The van der Waals surface area contributed by atoms with Crippen LogP contribution < -0.4 is 10.5 Å². The van der Waals surface area contributed by atoms with Crippen LogP contribution in [0.15, 0.2) is 59.5 Å². The van der Waals surface area contributed by atoms with E-state index in [9.17, 15) is 13.5 Å². The van der Waals surface area contributed by atoms with E-state index in [1.54, 1.807) is 12.1 Å². The topological polar surface area (TPSA) is 92.4 Å². The first-order chi connectivity index (χ1) is 10.0. The molecule has 0 amide bonds. The molecule has 0 saturated carbocycles. The van der Waals surface area contributed by atoms with Crippen LogP contribution in [0, 0.1) is 0 Å². The Morgan fingerprint density at radius 3 is 2.43 bits per heavy atom. The molecule has 0 unspecified atom stereocenters. The fourth-order valence-corrected chi connectivity index (χ4v) is 3.29. The van der Waals surface area contributed by atoms with Gasteiger partial charge in [-0.3, -0.25) is 0 Å². The SMILES string of the molecule is Nc1cccc(S(=O)(=O)N[C@@H](CO)Cc2ccccc2)c1. The molecule has 0 saturated heterocycles. The Morgan fingerprint density at radius 2 is 1.81 bits per heavy atom. The molecule has 0 heterocycles. The number of anilines is 1. The number of sulfonamides is 1. The van der Waals surface area contributed by atoms with Crippen molar-refractivity contribution in [3.63, 3.8) is 0 Å². The quantitative estimate of drug-likeness (QED) is 0.698. The average Bonchev–Trinajstić information content (AvgIpc) is 2.47. The zero-order valence-electron chi connectivity index (χ0n) is 11.4. The van der Waals surface area contributed by atoms with Gasteiger partial charge in [-0.1, -0.05) is 36.4 Å². The number of hydrogen-bond acceptors (Lipinski definition) is 4. The molecule has 6 heteroatoms. The molecule has 112 valence electrons. The summed E-state index contributed by atoms with van der Waals surface area (Å²) in [4.78, 5) is 0.0917. The molecule has 0 aliphatic carbocycles. The second-order valence-electron chi connectivity index (χ2n) is 4.76. The Labute approximate surface area is 124 Å². The highest BCUT2D eigenvalue weighted by Gasteiger charge is 2.20. The summed E-state index contributed by atoms with van der Waals surface area (Å²) in [5.74, 6) is 0. The number of aliphatic hydroxyl groups is 1. The molecule has 2 aromatic carbocycles. The van der Waals surface area contributed by atoms with Crippen LogP contribution in [-0.2, 0) is 16.4 Å². The molecule has 0 aliphatic heterocycles. The van der Waals surface area contributed by atoms with Gasteiger partial charge in [0.15, 0.2) is 0 Å². The first-order valence-corrected chi connectivity index (χ1v) is 8.02. The summed E-state index contributed by atoms with van der Waals surface area (Å²) < 4.78 is 27.0. The molecule has 4 N–H and O–H groups in total. The maximum absolute atomic E-state index is 12.3. The minimum atomic E-state index is -3.70. The number of rotatable bonds is 6. The molecule has 21 heavy (non-hydrogen) atoms. The van der Waals surface area contributed by atoms with Crippen LogP contribution in [-0.4, -0.2) is 26.2 Å². The third kappa shape index (κ3) is 4.29. The number of nitrogens with one attached hydrogen (secondary N) is 1. The highest BCUT2D eigenvalue weighted by atomic mass is 32.2. The van der Waals surface area contributed by atoms with Crippen molar-refractivity contribution in [2.24, 2.45) is 0 Å². The zero-order valence-corrected chi connectivity index (χ0v) is 12.3. The molecule has 0 aliphatic rings. The molecule has 0 fully saturated rings. The first-order valence-electron chi connectivity index (χ1n) is 6.54. The largest absolute Gasteiger partial charge is 0.399 e. The highest BCUT2D eigenvalue weighted by molar-refractivity contribution is 7.89. The van der Waals surface area contributed by atoms with E-state index >= 15 is 0 Å². The van der Waals surface area contributed by atoms with E-state index in [1.807, 2.05) is 30.3 Å². The standard InChI is InChI=1S/C15H18N2O3S/c16-13-7-4-8-15(10-13)21(19,20)17-14(11-18)9-12-5-2-1-3-6-12/h1-8,10,14,17-18H,9,11,16H2/t14-/m1/s1. The molecule has 0 radical (unpaired) electrons. The summed E-state index contributed by atoms with van der Waals surface area (Å²) >= 11 is 0. The van der Waals surface area contributed by atoms with E-state index in [-0.39, 0.29) is 11.5 Å². The Morgan fingerprint density at radius 1 is 1.10 bits per heavy atom. The van der Waals surface area contributed by atoms with Gasteiger partial charge < -0.3 is 10.8 Å². The zero-order chi connectivity index (χ0) is 15.3. The maximum Gasteiger partial charge on any atom is 0.240 e. The number of nitrogen functional groups attached to an aromatic ring is 1. The Hall–Kier alpha value is -1.89. The predicted molar refractivity (Wildman–Crippen MR) is 82.2 cm³/mol. The van der Waals surface area contributed by atoms with Crippen LogP contribution in [0.2, 0.25) is 0 Å². The summed E-state index contributed by atoms with van der Waals surface area (Å²) in [5.41, 5.74) is 6.93. The van der Waals surface area contributed by atoms with Crippen LogP contribution in [0.3, 0.4) is 0 Å². The molecular weight excluding hydrogens is 288 g/mol. The lowest BCUT2D eigenvalue weighted by molar-refractivity contribution is 0.256. The fourth-order valence-electron chi connectivity index (χ4n) is 2.01. The van der Waals surface area contributed by atoms with Crippen molar-refractivity contribution in [3.8, 4) is 0 Å². The Bertz CT molecular complexity index is 687. The van der Waals surface area contributed by atoms with E-state index in [0.717, 1.165) is 5.56 Å². The summed E-state index contributed by atoms with van der Waals surface area (Å²) in [6, 6.07) is 14.9. The summed E-state index contributed by atoms with van der Waals surface area (Å²) in [6.45, 7) is -0.281. The van der Waals surface area contributed by atoms with Gasteiger partial charge in [-0.2, -0.15) is 0 Å². The summed E-state index contributed by atoms with van der Waals surface area (Å²) in [5, 5.41) is 9.40. The van der Waals surface area contributed by atoms with Crippen molar-refractivity contribution in [3.05, 3.63) is 60.2 Å². The van der Waals surface area contributed by atoms with Crippen molar-refractivity contribution in [2.45, 2.75) is 17.4 Å². The van der Waals surface area contributed by atoms with E-state index in [1.165, 1.54) is 12.1 Å². The predicted octanol–water partition coefficient (Wildman–Crippen LogP) is 1.15. The molecule has 2 rings (SSSR count). The van der Waals surface area contributed by atoms with Crippen molar-refractivity contribution in [1.82, 2.24) is 4.72 Å². The fraction of sp³-hybridized carbons (Fsp3) is 0.200. The lowest BCUT2D eigenvalue weighted by Gasteiger charge is -2.16. The molecule has 0 aromatic heterocycles. The third-order valence-electron chi connectivity index (χ3n) is 3.04. The van der Waals surface area contributed by atoms with E-state index in [2.05, 4.69) is 4.72 Å². The van der Waals surface area contributed by atoms with Gasteiger partial charge in [0, 0.05) is 11.7 Å². The van der Waals surface area contributed by atoms with Crippen LogP contribution >= 0.6 is 0 Å². The second-order valence-corrected chi connectivity index (χ2v) is 6.48. The molecule has 0 bridgehead atoms. The Kier molecular flexibility index (Phi) is 4.95. The van der Waals surface area contributed by atoms with Gasteiger partial charge in [-0.25, -0.2) is 13.1 Å². The molecular formula is C15H18N2O3S. The second kappa shape index (κ2) is 6.71. The van der Waals surface area contributed by atoms with Crippen molar-refractivity contribution in [2.75, 3.05) is 12.3 Å². The van der Waals surface area contributed by atoms with Gasteiger partial charge >= 0.3 is 0 Å². The Balaban J connectivity index is 2.14. The number of hydrogen-bond donors (Lipinski definition) is 3. The van der Waals surface area contributed by atoms with Gasteiger partial charge in [0.2, 0.25) is 10.0 Å². The number of benzene rings is 2. The van der Waals surface area contributed by atoms with Crippen LogP contribution in [0.25, 0.3) is 0 Å². The third-order valence-corrected chi connectivity index (χ3v) is 4.55. The minimum Gasteiger partial charge on any atom is -0.399 e. The van der Waals surface area contributed by atoms with Crippen LogP contribution in [0.4, 0.5) is 5.69 Å². The van der Waals surface area contributed by atoms with Gasteiger partial charge in [0.25, 0.3) is 0 Å². The van der Waals surface area contributed by atoms with Gasteiger partial charge in [-0.05, 0) is 30.2 Å². The van der Waals surface area contributed by atoms with E-state index in [4.69, 9.17) is 5.73 Å². The van der Waals surface area contributed by atoms with Gasteiger partial charge in [-0.15, -0.1) is 0 Å². The average molecular weight is 306 g/mol. The van der Waals surface area contributed by atoms with E-state index in [0.29, 0.717) is 12.1 Å². The first kappa shape index (κ1) is 15.5. The smallest absolute Gasteiger partial charge is 0.240 e. The monoisotopic (exact) mass is 306 g/mol. The van der Waals surface area contributed by atoms with Gasteiger partial charge in [0.1, 0.15) is 0 Å². The lowest BCUT2D eigenvalue weighted by atomic mass is 10.1. The number of aliphatic hydroxyl groups excluding tert-OH is 1. The van der Waals surface area contributed by atoms with Crippen LogP contribution in [0.5, 0.6) is 0 Å². The van der Waals surface area contributed by atoms with Crippen molar-refractivity contribution in [1.29, 1.82) is 0 Å². The van der Waals surface area contributed by atoms with E-state index < -0.39 is 16.1 Å². The molecule has 5 nitrogen and oxygen atoms in total. The van der Waals surface area contributed by atoms with Crippen molar-refractivity contribution >= 4 is 15.7 Å². The van der Waals surface area contributed by atoms with Gasteiger partial charge in [0.05, 0.1) is 11.5 Å². The normalized spacial score (nSPS) is 13.0. The maximum atomic E-state index is 12.3. The summed E-state index contributed by atoms with van der Waals surface area (Å²) in [6.07, 6.45) is 0.416. The molecule has 1 atom stereocenters. The highest BCUT2D eigenvalue weighted by Crippen LogP contribution is 2.14. The van der Waals surface area contributed by atoms with Crippen LogP contribution in [0.1, 0.15) is 5.56 Å². The number of nitrogens with two attached hydrogens (primary N) is 1. The molecule has 0 spiro atoms. The molecule has 2 aromatic rings. The minimum absolute atomic E-state index is 0.0917. The van der Waals surface area contributed by atoms with Crippen molar-refractivity contribution < 1.29 is 13.5 Å². The summed E-state index contributed by atoms with van der Waals surface area (Å²) in [7, 11) is -3.70. The lowest BCUT2D eigenvalue weighted by Crippen LogP contribution is -2.39.